The number of sulfonamides is 1. The van der Waals surface area contributed by atoms with E-state index in [2.05, 4.69) is 42.6 Å². The van der Waals surface area contributed by atoms with Crippen LogP contribution < -0.4 is 10.0 Å². The first-order chi connectivity index (χ1) is 11.0. The van der Waals surface area contributed by atoms with Crippen molar-refractivity contribution in [3.8, 4) is 0 Å². The Balaban J connectivity index is 2.73. The minimum atomic E-state index is -3.38. The van der Waals surface area contributed by atoms with Gasteiger partial charge in [0.25, 0.3) is 5.91 Å². The van der Waals surface area contributed by atoms with Crippen LogP contribution in [0.2, 0.25) is 0 Å². The van der Waals surface area contributed by atoms with E-state index in [0.29, 0.717) is 29.9 Å². The van der Waals surface area contributed by atoms with Crippen LogP contribution in [0.5, 0.6) is 0 Å². The highest BCUT2D eigenvalue weighted by atomic mass is 32.2. The van der Waals surface area contributed by atoms with E-state index < -0.39 is 10.0 Å². The first-order valence-electron chi connectivity index (χ1n) is 8.13. The molecule has 0 radical (unpaired) electrons. The van der Waals surface area contributed by atoms with Gasteiger partial charge in [-0.3, -0.25) is 14.4 Å². The Morgan fingerprint density at radius 3 is 2.25 bits per heavy atom. The van der Waals surface area contributed by atoms with Gasteiger partial charge in [-0.15, -0.1) is 0 Å². The highest BCUT2D eigenvalue weighted by molar-refractivity contribution is 7.92. The lowest BCUT2D eigenvalue weighted by molar-refractivity contribution is 0.0939. The summed E-state index contributed by atoms with van der Waals surface area (Å²) in [5.41, 5.74) is 1.63. The minimum Gasteiger partial charge on any atom is -0.351 e. The monoisotopic (exact) mass is 355 g/mol. The molecule has 0 saturated carbocycles. The SMILES string of the molecule is Cc1ccc(C(=O)NCCN(C(C)C)C(C)C)cc1NS(C)(=O)=O. The van der Waals surface area contributed by atoms with Crippen LogP contribution in [0.1, 0.15) is 43.6 Å². The minimum absolute atomic E-state index is 0.209. The van der Waals surface area contributed by atoms with E-state index in [0.717, 1.165) is 18.4 Å². The summed E-state index contributed by atoms with van der Waals surface area (Å²) in [6, 6.07) is 5.81. The molecule has 1 amide bonds. The summed E-state index contributed by atoms with van der Waals surface area (Å²) in [4.78, 5) is 14.6. The summed E-state index contributed by atoms with van der Waals surface area (Å²) < 4.78 is 25.2. The number of anilines is 1. The van der Waals surface area contributed by atoms with Gasteiger partial charge >= 0.3 is 0 Å². The number of carbonyl (C=O) groups excluding carboxylic acids is 1. The molecule has 0 fully saturated rings. The van der Waals surface area contributed by atoms with Crippen LogP contribution in [0, 0.1) is 6.92 Å². The first-order valence-corrected chi connectivity index (χ1v) is 10.0. The number of nitrogens with zero attached hydrogens (tertiary/aromatic N) is 1. The van der Waals surface area contributed by atoms with E-state index in [1.165, 1.54) is 0 Å². The average molecular weight is 356 g/mol. The molecule has 24 heavy (non-hydrogen) atoms. The molecule has 7 heteroatoms. The largest absolute Gasteiger partial charge is 0.351 e. The smallest absolute Gasteiger partial charge is 0.251 e. The van der Waals surface area contributed by atoms with Crippen molar-refractivity contribution in [2.75, 3.05) is 24.1 Å². The lowest BCUT2D eigenvalue weighted by atomic mass is 10.1. The van der Waals surface area contributed by atoms with Crippen LogP contribution in [0.25, 0.3) is 0 Å². The van der Waals surface area contributed by atoms with Gasteiger partial charge in [0.05, 0.1) is 11.9 Å². The molecule has 0 saturated heterocycles. The number of benzene rings is 1. The van der Waals surface area contributed by atoms with Crippen molar-refractivity contribution in [2.24, 2.45) is 0 Å². The standard InChI is InChI=1S/C17H29N3O3S/c1-12(2)20(13(3)4)10-9-18-17(21)15-8-7-14(5)16(11-15)19-24(6,22)23/h7-8,11-13,19H,9-10H2,1-6H3,(H,18,21). The maximum Gasteiger partial charge on any atom is 0.251 e. The van der Waals surface area contributed by atoms with Gasteiger partial charge in [0.15, 0.2) is 0 Å². The zero-order valence-electron chi connectivity index (χ0n) is 15.4. The van der Waals surface area contributed by atoms with Gasteiger partial charge in [0.1, 0.15) is 0 Å². The molecule has 1 rings (SSSR count). The zero-order chi connectivity index (χ0) is 18.5. The Labute approximate surface area is 145 Å². The molecule has 0 heterocycles. The highest BCUT2D eigenvalue weighted by Crippen LogP contribution is 2.18. The number of aryl methyl sites for hydroxylation is 1. The first kappa shape index (κ1) is 20.4. The predicted octanol–water partition coefficient (Wildman–Crippen LogP) is 2.22. The molecule has 0 aliphatic heterocycles. The topological polar surface area (TPSA) is 78.5 Å². The summed E-state index contributed by atoms with van der Waals surface area (Å²) in [5, 5.41) is 2.89. The number of amides is 1. The number of nitrogens with one attached hydrogen (secondary N) is 2. The molecular weight excluding hydrogens is 326 g/mol. The predicted molar refractivity (Wildman–Crippen MR) is 99.0 cm³/mol. The molecule has 6 nitrogen and oxygen atoms in total. The van der Waals surface area contributed by atoms with Gasteiger partial charge in [-0.25, -0.2) is 8.42 Å². The Morgan fingerprint density at radius 2 is 1.75 bits per heavy atom. The fraction of sp³-hybridized carbons (Fsp3) is 0.588. The second kappa shape index (κ2) is 8.48. The van der Waals surface area contributed by atoms with Crippen molar-refractivity contribution in [3.63, 3.8) is 0 Å². The van der Waals surface area contributed by atoms with Crippen LogP contribution in [0.15, 0.2) is 18.2 Å². The fourth-order valence-corrected chi connectivity index (χ4v) is 3.21. The number of carbonyl (C=O) groups is 1. The van der Waals surface area contributed by atoms with Crippen LogP contribution in [0.3, 0.4) is 0 Å². The summed E-state index contributed by atoms with van der Waals surface area (Å²) >= 11 is 0. The molecule has 0 unspecified atom stereocenters. The maximum atomic E-state index is 12.3. The van der Waals surface area contributed by atoms with E-state index >= 15 is 0 Å². The quantitative estimate of drug-likeness (QED) is 0.749. The second-order valence-electron chi connectivity index (χ2n) is 6.59. The molecule has 2 N–H and O–H groups in total. The van der Waals surface area contributed by atoms with Gasteiger partial charge in [0.2, 0.25) is 10.0 Å². The van der Waals surface area contributed by atoms with Gasteiger partial charge < -0.3 is 5.32 Å². The van der Waals surface area contributed by atoms with Crippen molar-refractivity contribution in [3.05, 3.63) is 29.3 Å². The zero-order valence-corrected chi connectivity index (χ0v) is 16.2. The van der Waals surface area contributed by atoms with Crippen molar-refractivity contribution < 1.29 is 13.2 Å². The van der Waals surface area contributed by atoms with Crippen LogP contribution >= 0.6 is 0 Å². The molecule has 0 spiro atoms. The summed E-state index contributed by atoms with van der Waals surface area (Å²) in [6.07, 6.45) is 1.09. The Bertz CT molecular complexity index is 662. The summed E-state index contributed by atoms with van der Waals surface area (Å²) in [6.45, 7) is 11.6. The molecule has 0 aromatic heterocycles. The molecule has 0 bridgehead atoms. The van der Waals surface area contributed by atoms with E-state index in [4.69, 9.17) is 0 Å². The van der Waals surface area contributed by atoms with Crippen molar-refractivity contribution >= 4 is 21.6 Å². The van der Waals surface area contributed by atoms with Crippen LogP contribution in [-0.2, 0) is 10.0 Å². The van der Waals surface area contributed by atoms with E-state index in [1.54, 1.807) is 25.1 Å². The third-order valence-corrected chi connectivity index (χ3v) is 4.37. The van der Waals surface area contributed by atoms with Gasteiger partial charge in [-0.1, -0.05) is 6.07 Å². The fourth-order valence-electron chi connectivity index (χ4n) is 2.59. The number of hydrogen-bond acceptors (Lipinski definition) is 4. The second-order valence-corrected chi connectivity index (χ2v) is 8.33. The maximum absolute atomic E-state index is 12.3. The Kier molecular flexibility index (Phi) is 7.23. The third kappa shape index (κ3) is 6.49. The van der Waals surface area contributed by atoms with Crippen LogP contribution in [0.4, 0.5) is 5.69 Å². The van der Waals surface area contributed by atoms with E-state index in [-0.39, 0.29) is 5.91 Å². The Morgan fingerprint density at radius 1 is 1.17 bits per heavy atom. The third-order valence-electron chi connectivity index (χ3n) is 3.78. The average Bonchev–Trinajstić information content (AvgIpc) is 2.43. The van der Waals surface area contributed by atoms with Gasteiger partial charge in [0, 0.05) is 30.7 Å². The van der Waals surface area contributed by atoms with Crippen LogP contribution in [-0.4, -0.2) is 50.7 Å². The van der Waals surface area contributed by atoms with Crippen molar-refractivity contribution in [1.29, 1.82) is 0 Å². The number of rotatable bonds is 8. The summed E-state index contributed by atoms with van der Waals surface area (Å²) in [5.74, 6) is -0.209. The highest BCUT2D eigenvalue weighted by Gasteiger charge is 2.14. The normalized spacial score (nSPS) is 12.0. The van der Waals surface area contributed by atoms with Crippen molar-refractivity contribution in [1.82, 2.24) is 10.2 Å². The Hall–Kier alpha value is -1.60. The van der Waals surface area contributed by atoms with Crippen molar-refractivity contribution in [2.45, 2.75) is 46.7 Å². The summed E-state index contributed by atoms with van der Waals surface area (Å²) in [7, 11) is -3.38. The molecule has 1 aromatic rings. The van der Waals surface area contributed by atoms with Gasteiger partial charge in [-0.05, 0) is 52.3 Å². The molecule has 1 aromatic carbocycles. The van der Waals surface area contributed by atoms with E-state index in [1.807, 2.05) is 0 Å². The van der Waals surface area contributed by atoms with E-state index in [9.17, 15) is 13.2 Å². The molecule has 0 aliphatic rings. The lowest BCUT2D eigenvalue weighted by Crippen LogP contribution is -2.42. The number of hydrogen-bond donors (Lipinski definition) is 2. The lowest BCUT2D eigenvalue weighted by Gasteiger charge is -2.30. The molecule has 0 atom stereocenters. The molecule has 0 aliphatic carbocycles. The van der Waals surface area contributed by atoms with Gasteiger partial charge in [-0.2, -0.15) is 0 Å². The molecular formula is C17H29N3O3S. The molecule has 136 valence electrons.